The highest BCUT2D eigenvalue weighted by Crippen LogP contribution is 2.66. The van der Waals surface area contributed by atoms with Crippen molar-refractivity contribution in [3.05, 3.63) is 17.2 Å². The van der Waals surface area contributed by atoms with Crippen LogP contribution in [-0.2, 0) is 6.42 Å². The van der Waals surface area contributed by atoms with E-state index in [1.165, 1.54) is 19.3 Å². The summed E-state index contributed by atoms with van der Waals surface area (Å²) < 4.78 is 6.67. The Hall–Kier alpha value is -1.71. The van der Waals surface area contributed by atoms with E-state index in [9.17, 15) is 15.0 Å². The number of carbonyl (C=O) groups is 1. The van der Waals surface area contributed by atoms with Crippen LogP contribution in [-0.4, -0.2) is 22.1 Å². The van der Waals surface area contributed by atoms with Gasteiger partial charge in [0.1, 0.15) is 16.9 Å². The van der Waals surface area contributed by atoms with Gasteiger partial charge in [-0.05, 0) is 49.0 Å². The van der Waals surface area contributed by atoms with Crippen LogP contribution in [0.25, 0.3) is 0 Å². The molecule has 0 bridgehead atoms. The van der Waals surface area contributed by atoms with E-state index < -0.39 is 0 Å². The second-order valence-electron chi connectivity index (χ2n) is 9.72. The molecule has 1 heterocycles. The quantitative estimate of drug-likeness (QED) is 0.556. The Labute approximate surface area is 155 Å². The summed E-state index contributed by atoms with van der Waals surface area (Å²) in [5, 5.41) is 20.2. The van der Waals surface area contributed by atoms with Crippen LogP contribution >= 0.6 is 0 Å². The van der Waals surface area contributed by atoms with Gasteiger partial charge in [-0.1, -0.05) is 34.1 Å². The summed E-state index contributed by atoms with van der Waals surface area (Å²) in [5.41, 5.74) is 0.838. The van der Waals surface area contributed by atoms with Crippen molar-refractivity contribution in [2.24, 2.45) is 22.7 Å². The van der Waals surface area contributed by atoms with E-state index in [0.29, 0.717) is 30.3 Å². The van der Waals surface area contributed by atoms with Crippen LogP contribution in [0.5, 0.6) is 17.2 Å². The predicted molar refractivity (Wildman–Crippen MR) is 99.8 cm³/mol. The largest absolute Gasteiger partial charge is 0.504 e. The highest BCUT2D eigenvalue weighted by molar-refractivity contribution is 5.86. The van der Waals surface area contributed by atoms with Gasteiger partial charge in [-0.3, -0.25) is 4.79 Å². The Kier molecular flexibility index (Phi) is 3.67. The fraction of sp³-hybridized carbons (Fsp3) is 0.682. The average Bonchev–Trinajstić information content (AvgIpc) is 2.94. The number of ether oxygens (including phenoxy) is 1. The van der Waals surface area contributed by atoms with Crippen LogP contribution in [0.15, 0.2) is 6.07 Å². The number of aldehydes is 1. The molecule has 1 aromatic carbocycles. The van der Waals surface area contributed by atoms with Crippen molar-refractivity contribution in [3.63, 3.8) is 0 Å². The van der Waals surface area contributed by atoms with Crippen LogP contribution < -0.4 is 4.74 Å². The number of benzene rings is 1. The molecule has 1 aromatic rings. The van der Waals surface area contributed by atoms with E-state index in [1.54, 1.807) is 6.07 Å². The molecular formula is C22H30O4. The van der Waals surface area contributed by atoms with E-state index in [0.717, 1.165) is 18.4 Å². The molecule has 0 amide bonds. The summed E-state index contributed by atoms with van der Waals surface area (Å²) in [7, 11) is 0. The molecule has 142 valence electrons. The van der Waals surface area contributed by atoms with Crippen molar-refractivity contribution in [2.75, 3.05) is 0 Å². The minimum absolute atomic E-state index is 0.0107. The first-order valence-corrected chi connectivity index (χ1v) is 9.88. The zero-order valence-corrected chi connectivity index (χ0v) is 16.3. The van der Waals surface area contributed by atoms with Crippen LogP contribution in [0, 0.1) is 22.7 Å². The molecule has 0 aromatic heterocycles. The first kappa shape index (κ1) is 17.7. The van der Waals surface area contributed by atoms with Crippen molar-refractivity contribution < 1.29 is 19.7 Å². The fourth-order valence-electron chi connectivity index (χ4n) is 6.72. The van der Waals surface area contributed by atoms with Gasteiger partial charge in [0.2, 0.25) is 0 Å². The second kappa shape index (κ2) is 5.40. The van der Waals surface area contributed by atoms with Gasteiger partial charge < -0.3 is 14.9 Å². The number of rotatable bonds is 1. The lowest BCUT2D eigenvalue weighted by Crippen LogP contribution is -2.64. The third kappa shape index (κ3) is 2.04. The summed E-state index contributed by atoms with van der Waals surface area (Å²) in [6, 6.07) is 1.58. The van der Waals surface area contributed by atoms with Crippen LogP contribution in [0.2, 0.25) is 0 Å². The molecule has 1 aliphatic heterocycles. The zero-order chi connectivity index (χ0) is 18.9. The SMILES string of the molecule is C[C@@H]1CCC2C(C)(C)CCC[C@]2(C)C12Cc1cc(O)c(O)c(C=O)c1O2. The van der Waals surface area contributed by atoms with E-state index in [4.69, 9.17) is 4.74 Å². The second-order valence-corrected chi connectivity index (χ2v) is 9.72. The van der Waals surface area contributed by atoms with Gasteiger partial charge in [0.05, 0.1) is 0 Å². The third-order valence-electron chi connectivity index (χ3n) is 8.08. The van der Waals surface area contributed by atoms with Crippen molar-refractivity contribution in [3.8, 4) is 17.2 Å². The highest BCUT2D eigenvalue weighted by atomic mass is 16.5. The van der Waals surface area contributed by atoms with Gasteiger partial charge in [0, 0.05) is 17.4 Å². The molecular weight excluding hydrogens is 328 g/mol. The summed E-state index contributed by atoms with van der Waals surface area (Å²) in [5.74, 6) is 0.794. The highest BCUT2D eigenvalue weighted by Gasteiger charge is 2.65. The standard InChI is InChI=1S/C22H30O4/c1-13-6-7-17-20(2,3)8-5-9-21(17,4)22(13)11-14-10-16(24)18(25)15(12-23)19(14)26-22/h10,12-13,17,24-25H,5-9,11H2,1-4H3/t13-,17?,21+,22?/m1/s1. The molecule has 26 heavy (non-hydrogen) atoms. The van der Waals surface area contributed by atoms with Gasteiger partial charge in [-0.2, -0.15) is 0 Å². The normalized spacial score (nSPS) is 37.7. The Morgan fingerprint density at radius 2 is 1.92 bits per heavy atom. The monoisotopic (exact) mass is 358 g/mol. The number of carbonyl (C=O) groups excluding carboxylic acids is 1. The van der Waals surface area contributed by atoms with Crippen molar-refractivity contribution in [2.45, 2.75) is 71.8 Å². The van der Waals surface area contributed by atoms with Gasteiger partial charge in [-0.25, -0.2) is 0 Å². The van der Waals surface area contributed by atoms with Crippen molar-refractivity contribution in [1.82, 2.24) is 0 Å². The van der Waals surface area contributed by atoms with Gasteiger partial charge in [-0.15, -0.1) is 0 Å². The molecule has 4 atom stereocenters. The van der Waals surface area contributed by atoms with E-state index >= 15 is 0 Å². The van der Waals surface area contributed by atoms with Crippen LogP contribution in [0.4, 0.5) is 0 Å². The number of fused-ring (bicyclic) bond motifs is 3. The number of phenolic OH excluding ortho intramolecular Hbond substituents is 2. The fourth-order valence-corrected chi connectivity index (χ4v) is 6.72. The first-order chi connectivity index (χ1) is 12.2. The summed E-state index contributed by atoms with van der Waals surface area (Å²) in [6.07, 6.45) is 7.16. The predicted octanol–water partition coefficient (Wildman–Crippen LogP) is 4.85. The third-order valence-corrected chi connectivity index (χ3v) is 8.08. The van der Waals surface area contributed by atoms with E-state index in [2.05, 4.69) is 27.7 Å². The topological polar surface area (TPSA) is 66.8 Å². The number of phenols is 2. The van der Waals surface area contributed by atoms with E-state index in [-0.39, 0.29) is 33.5 Å². The van der Waals surface area contributed by atoms with Crippen molar-refractivity contribution >= 4 is 6.29 Å². The molecule has 4 nitrogen and oxygen atoms in total. The van der Waals surface area contributed by atoms with Gasteiger partial charge in [0.25, 0.3) is 0 Å². The van der Waals surface area contributed by atoms with Gasteiger partial charge >= 0.3 is 0 Å². The van der Waals surface area contributed by atoms with Crippen LogP contribution in [0.1, 0.15) is 75.7 Å². The zero-order valence-electron chi connectivity index (χ0n) is 16.3. The molecule has 0 radical (unpaired) electrons. The molecule has 2 N–H and O–H groups in total. The Balaban J connectivity index is 1.86. The number of hydrogen-bond donors (Lipinski definition) is 2. The molecule has 2 saturated carbocycles. The smallest absolute Gasteiger partial charge is 0.171 e. The Morgan fingerprint density at radius 1 is 1.19 bits per heavy atom. The Bertz CT molecular complexity index is 768. The Morgan fingerprint density at radius 3 is 2.62 bits per heavy atom. The molecule has 4 rings (SSSR count). The molecule has 2 fully saturated rings. The van der Waals surface area contributed by atoms with Crippen LogP contribution in [0.3, 0.4) is 0 Å². The molecule has 2 unspecified atom stereocenters. The maximum Gasteiger partial charge on any atom is 0.171 e. The van der Waals surface area contributed by atoms with E-state index in [1.807, 2.05) is 0 Å². The maximum atomic E-state index is 11.6. The van der Waals surface area contributed by atoms with Crippen molar-refractivity contribution in [1.29, 1.82) is 0 Å². The molecule has 0 saturated heterocycles. The lowest BCUT2D eigenvalue weighted by atomic mass is 9.44. The average molecular weight is 358 g/mol. The maximum absolute atomic E-state index is 11.6. The lowest BCUT2D eigenvalue weighted by Gasteiger charge is -2.63. The summed E-state index contributed by atoms with van der Waals surface area (Å²) >= 11 is 0. The molecule has 3 aliphatic rings. The minimum Gasteiger partial charge on any atom is -0.504 e. The minimum atomic E-state index is -0.381. The lowest BCUT2D eigenvalue weighted by molar-refractivity contribution is -0.184. The van der Waals surface area contributed by atoms with Gasteiger partial charge in [0.15, 0.2) is 17.8 Å². The molecule has 4 heteroatoms. The number of aromatic hydroxyl groups is 2. The molecule has 2 aliphatic carbocycles. The molecule has 1 spiro atoms. The summed E-state index contributed by atoms with van der Waals surface area (Å²) in [4.78, 5) is 11.6. The number of hydrogen-bond acceptors (Lipinski definition) is 4. The summed E-state index contributed by atoms with van der Waals surface area (Å²) in [6.45, 7) is 9.40. The first-order valence-electron chi connectivity index (χ1n) is 9.88.